The van der Waals surface area contributed by atoms with Gasteiger partial charge in [0.25, 0.3) is 0 Å². The second-order valence-electron chi connectivity index (χ2n) is 3.69. The van der Waals surface area contributed by atoms with Gasteiger partial charge in [0.2, 0.25) is 0 Å². The van der Waals surface area contributed by atoms with Crippen molar-refractivity contribution in [3.63, 3.8) is 0 Å². The standard InChI is InChI=1S/C12H11Cl2NO/c13-11-3-1-9(2-4-11)10-5-7-15(8-6-10)12(14)16/h1-5H,6-8H2. The molecule has 0 radical (unpaired) electrons. The van der Waals surface area contributed by atoms with Crippen LogP contribution in [0.5, 0.6) is 0 Å². The highest BCUT2D eigenvalue weighted by Crippen LogP contribution is 2.24. The molecule has 2 nitrogen and oxygen atoms in total. The van der Waals surface area contributed by atoms with E-state index in [9.17, 15) is 4.79 Å². The van der Waals surface area contributed by atoms with Crippen LogP contribution in [0.15, 0.2) is 30.3 Å². The average molecular weight is 256 g/mol. The van der Waals surface area contributed by atoms with Crippen molar-refractivity contribution in [2.24, 2.45) is 0 Å². The van der Waals surface area contributed by atoms with Gasteiger partial charge >= 0.3 is 5.37 Å². The van der Waals surface area contributed by atoms with Crippen molar-refractivity contribution in [1.82, 2.24) is 4.90 Å². The van der Waals surface area contributed by atoms with E-state index in [0.717, 1.165) is 17.0 Å². The molecule has 0 unspecified atom stereocenters. The van der Waals surface area contributed by atoms with Crippen molar-refractivity contribution < 1.29 is 4.79 Å². The first kappa shape index (κ1) is 11.5. The number of nitrogens with zero attached hydrogens (tertiary/aromatic N) is 1. The lowest BCUT2D eigenvalue weighted by Crippen LogP contribution is -2.30. The molecule has 0 bridgehead atoms. The fraction of sp³-hybridized carbons (Fsp3) is 0.250. The van der Waals surface area contributed by atoms with Crippen LogP contribution in [0.4, 0.5) is 4.79 Å². The lowest BCUT2D eigenvalue weighted by atomic mass is 10.00. The summed E-state index contributed by atoms with van der Waals surface area (Å²) in [7, 11) is 0. The van der Waals surface area contributed by atoms with E-state index in [1.54, 1.807) is 4.90 Å². The molecule has 0 N–H and O–H groups in total. The Balaban J connectivity index is 2.13. The van der Waals surface area contributed by atoms with E-state index < -0.39 is 0 Å². The van der Waals surface area contributed by atoms with Gasteiger partial charge < -0.3 is 4.90 Å². The van der Waals surface area contributed by atoms with Gasteiger partial charge in [0.1, 0.15) is 0 Å². The average Bonchev–Trinajstić information content (AvgIpc) is 2.30. The van der Waals surface area contributed by atoms with Gasteiger partial charge in [-0.05, 0) is 41.3 Å². The summed E-state index contributed by atoms with van der Waals surface area (Å²) in [5.74, 6) is 0. The second kappa shape index (κ2) is 4.89. The molecule has 1 aliphatic heterocycles. The molecule has 1 aliphatic rings. The highest BCUT2D eigenvalue weighted by Gasteiger charge is 2.15. The zero-order chi connectivity index (χ0) is 11.5. The van der Waals surface area contributed by atoms with Crippen LogP contribution in [0, 0.1) is 0 Å². The van der Waals surface area contributed by atoms with Crippen molar-refractivity contribution in [3.8, 4) is 0 Å². The Labute approximate surface area is 104 Å². The normalized spacial score (nSPS) is 15.9. The molecular formula is C12H11Cl2NO. The fourth-order valence-corrected chi connectivity index (χ4v) is 2.03. The predicted molar refractivity (Wildman–Crippen MR) is 66.9 cm³/mol. The molecule has 16 heavy (non-hydrogen) atoms. The molecular weight excluding hydrogens is 245 g/mol. The zero-order valence-electron chi connectivity index (χ0n) is 8.62. The van der Waals surface area contributed by atoms with Gasteiger partial charge in [-0.2, -0.15) is 0 Å². The SMILES string of the molecule is O=C(Cl)N1CC=C(c2ccc(Cl)cc2)CC1. The van der Waals surface area contributed by atoms with Gasteiger partial charge in [0, 0.05) is 18.1 Å². The molecule has 84 valence electrons. The van der Waals surface area contributed by atoms with Gasteiger partial charge in [-0.3, -0.25) is 4.79 Å². The van der Waals surface area contributed by atoms with Gasteiger partial charge in [0.15, 0.2) is 0 Å². The van der Waals surface area contributed by atoms with Crippen molar-refractivity contribution in [2.75, 3.05) is 13.1 Å². The number of rotatable bonds is 1. The Hall–Kier alpha value is -0.990. The Morgan fingerprint density at radius 3 is 2.44 bits per heavy atom. The Bertz CT molecular complexity index is 425. The van der Waals surface area contributed by atoms with E-state index in [1.165, 1.54) is 5.57 Å². The summed E-state index contributed by atoms with van der Waals surface area (Å²) in [6.07, 6.45) is 2.87. The van der Waals surface area contributed by atoms with Crippen molar-refractivity contribution in [1.29, 1.82) is 0 Å². The minimum Gasteiger partial charge on any atom is -0.325 e. The van der Waals surface area contributed by atoms with E-state index in [1.807, 2.05) is 30.3 Å². The van der Waals surface area contributed by atoms with E-state index in [-0.39, 0.29) is 5.37 Å². The molecule has 2 rings (SSSR count). The minimum atomic E-state index is -0.383. The van der Waals surface area contributed by atoms with E-state index in [2.05, 4.69) is 0 Å². The number of carbonyl (C=O) groups excluding carboxylic acids is 1. The van der Waals surface area contributed by atoms with E-state index >= 15 is 0 Å². The summed E-state index contributed by atoms with van der Waals surface area (Å²) in [6.45, 7) is 1.26. The van der Waals surface area contributed by atoms with Crippen LogP contribution in [-0.2, 0) is 0 Å². The summed E-state index contributed by atoms with van der Waals surface area (Å²) in [4.78, 5) is 12.5. The van der Waals surface area contributed by atoms with Crippen LogP contribution < -0.4 is 0 Å². The summed E-state index contributed by atoms with van der Waals surface area (Å²) >= 11 is 11.2. The van der Waals surface area contributed by atoms with Crippen LogP contribution in [0.1, 0.15) is 12.0 Å². The maximum atomic E-state index is 10.9. The molecule has 1 aromatic carbocycles. The molecule has 1 aromatic rings. The maximum absolute atomic E-state index is 10.9. The molecule has 0 atom stereocenters. The molecule has 0 aromatic heterocycles. The van der Waals surface area contributed by atoms with Crippen LogP contribution in [0.2, 0.25) is 5.02 Å². The third-order valence-electron chi connectivity index (χ3n) is 2.67. The molecule has 1 amide bonds. The topological polar surface area (TPSA) is 20.3 Å². The van der Waals surface area contributed by atoms with Crippen molar-refractivity contribution in [3.05, 3.63) is 40.9 Å². The van der Waals surface area contributed by atoms with Crippen LogP contribution in [0.25, 0.3) is 5.57 Å². The first-order valence-electron chi connectivity index (χ1n) is 5.06. The Morgan fingerprint density at radius 2 is 1.94 bits per heavy atom. The van der Waals surface area contributed by atoms with Crippen molar-refractivity contribution >= 4 is 34.1 Å². The molecule has 0 spiro atoms. The van der Waals surface area contributed by atoms with Crippen molar-refractivity contribution in [2.45, 2.75) is 6.42 Å². The number of benzene rings is 1. The predicted octanol–water partition coefficient (Wildman–Crippen LogP) is 3.79. The number of halogens is 2. The monoisotopic (exact) mass is 255 g/mol. The molecule has 0 saturated carbocycles. The smallest absolute Gasteiger partial charge is 0.316 e. The number of carbonyl (C=O) groups is 1. The largest absolute Gasteiger partial charge is 0.325 e. The third kappa shape index (κ3) is 2.57. The highest BCUT2D eigenvalue weighted by molar-refractivity contribution is 6.62. The summed E-state index contributed by atoms with van der Waals surface area (Å²) in [5.41, 5.74) is 2.40. The van der Waals surface area contributed by atoms with E-state index in [0.29, 0.717) is 13.1 Å². The zero-order valence-corrected chi connectivity index (χ0v) is 10.1. The number of hydrogen-bond donors (Lipinski definition) is 0. The van der Waals surface area contributed by atoms with Gasteiger partial charge in [-0.15, -0.1) is 0 Å². The molecule has 0 fully saturated rings. The van der Waals surface area contributed by atoms with Crippen LogP contribution in [-0.4, -0.2) is 23.4 Å². The first-order chi connectivity index (χ1) is 7.66. The highest BCUT2D eigenvalue weighted by atomic mass is 35.5. The van der Waals surface area contributed by atoms with Gasteiger partial charge in [-0.1, -0.05) is 29.8 Å². The lowest BCUT2D eigenvalue weighted by molar-refractivity contribution is 0.227. The lowest BCUT2D eigenvalue weighted by Gasteiger charge is -2.24. The Kier molecular flexibility index (Phi) is 3.52. The number of hydrogen-bond acceptors (Lipinski definition) is 1. The summed E-state index contributed by atoms with van der Waals surface area (Å²) < 4.78 is 0. The summed E-state index contributed by atoms with van der Waals surface area (Å²) in [5, 5.41) is 0.351. The Morgan fingerprint density at radius 1 is 1.25 bits per heavy atom. The quantitative estimate of drug-likeness (QED) is 0.553. The molecule has 4 heteroatoms. The van der Waals surface area contributed by atoms with Crippen LogP contribution in [0.3, 0.4) is 0 Å². The molecule has 0 saturated heterocycles. The second-order valence-corrected chi connectivity index (χ2v) is 4.44. The van der Waals surface area contributed by atoms with E-state index in [4.69, 9.17) is 23.2 Å². The third-order valence-corrected chi connectivity index (χ3v) is 3.16. The molecule has 0 aliphatic carbocycles. The first-order valence-corrected chi connectivity index (χ1v) is 5.82. The maximum Gasteiger partial charge on any atom is 0.316 e. The fourth-order valence-electron chi connectivity index (χ4n) is 1.75. The number of amides is 1. The molecule has 1 heterocycles. The minimum absolute atomic E-state index is 0.383. The van der Waals surface area contributed by atoms with Gasteiger partial charge in [-0.25, -0.2) is 0 Å². The summed E-state index contributed by atoms with van der Waals surface area (Å²) in [6, 6.07) is 7.73. The van der Waals surface area contributed by atoms with Gasteiger partial charge in [0.05, 0.1) is 0 Å². The van der Waals surface area contributed by atoms with Crippen LogP contribution >= 0.6 is 23.2 Å².